The van der Waals surface area contributed by atoms with Crippen LogP contribution in [0.25, 0.3) is 0 Å². The molecule has 0 saturated heterocycles. The second-order valence-electron chi connectivity index (χ2n) is 5.18. The van der Waals surface area contributed by atoms with Gasteiger partial charge in [0.1, 0.15) is 13.2 Å². The Kier molecular flexibility index (Phi) is 3.78. The van der Waals surface area contributed by atoms with Crippen molar-refractivity contribution in [1.82, 2.24) is 5.32 Å². The van der Waals surface area contributed by atoms with Crippen LogP contribution in [-0.4, -0.2) is 26.4 Å². The molecule has 0 bridgehead atoms. The van der Waals surface area contributed by atoms with Crippen molar-refractivity contribution in [3.8, 4) is 17.2 Å². The summed E-state index contributed by atoms with van der Waals surface area (Å²) in [5, 5.41) is 3.60. The van der Waals surface area contributed by atoms with E-state index in [-0.39, 0.29) is 0 Å². The van der Waals surface area contributed by atoms with E-state index in [1.807, 2.05) is 6.07 Å². The smallest absolute Gasteiger partial charge is 0.203 e. The molecule has 0 atom stereocenters. The largest absolute Gasteiger partial charge is 0.493 e. The normalized spacial score (nSPS) is 18.6. The summed E-state index contributed by atoms with van der Waals surface area (Å²) in [5.41, 5.74) is 1.19. The van der Waals surface area contributed by atoms with Crippen LogP contribution in [0.5, 0.6) is 17.2 Å². The summed E-state index contributed by atoms with van der Waals surface area (Å²) >= 11 is 0. The lowest BCUT2D eigenvalue weighted by Crippen LogP contribution is -2.25. The van der Waals surface area contributed by atoms with Crippen molar-refractivity contribution >= 4 is 0 Å². The molecule has 0 aromatic heterocycles. The van der Waals surface area contributed by atoms with E-state index >= 15 is 0 Å². The lowest BCUT2D eigenvalue weighted by Gasteiger charge is -2.22. The standard InChI is InChI=1S/C15H21NO3/c1-17-13-8-11(10-16-12-4-2-3-5-12)9-14-15(13)19-7-6-18-14/h8-9,12,16H,2-7,10H2,1H3. The van der Waals surface area contributed by atoms with Crippen molar-refractivity contribution in [2.45, 2.75) is 38.3 Å². The first-order valence-electron chi connectivity index (χ1n) is 7.06. The molecule has 3 rings (SSSR count). The minimum absolute atomic E-state index is 0.586. The van der Waals surface area contributed by atoms with E-state index in [1.54, 1.807) is 7.11 Å². The maximum atomic E-state index is 5.65. The molecule has 1 fully saturated rings. The Labute approximate surface area is 114 Å². The van der Waals surface area contributed by atoms with E-state index in [4.69, 9.17) is 14.2 Å². The van der Waals surface area contributed by atoms with Gasteiger partial charge in [-0.05, 0) is 30.5 Å². The molecule has 4 nitrogen and oxygen atoms in total. The van der Waals surface area contributed by atoms with Crippen molar-refractivity contribution in [1.29, 1.82) is 0 Å². The first-order chi connectivity index (χ1) is 9.36. The number of rotatable bonds is 4. The first-order valence-corrected chi connectivity index (χ1v) is 7.06. The highest BCUT2D eigenvalue weighted by Gasteiger charge is 2.19. The summed E-state index contributed by atoms with van der Waals surface area (Å²) in [7, 11) is 1.67. The Balaban J connectivity index is 1.73. The van der Waals surface area contributed by atoms with Crippen molar-refractivity contribution in [2.24, 2.45) is 0 Å². The third kappa shape index (κ3) is 2.78. The molecule has 0 radical (unpaired) electrons. The summed E-state index contributed by atoms with van der Waals surface area (Å²) in [6.45, 7) is 2.05. The number of benzene rings is 1. The molecule has 4 heteroatoms. The van der Waals surface area contributed by atoms with E-state index in [0.29, 0.717) is 19.3 Å². The van der Waals surface area contributed by atoms with Crippen LogP contribution >= 0.6 is 0 Å². The zero-order valence-corrected chi connectivity index (χ0v) is 11.4. The topological polar surface area (TPSA) is 39.7 Å². The lowest BCUT2D eigenvalue weighted by atomic mass is 10.1. The van der Waals surface area contributed by atoms with Gasteiger partial charge in [-0.25, -0.2) is 0 Å². The maximum absolute atomic E-state index is 5.65. The summed E-state index contributed by atoms with van der Waals surface area (Å²) in [6, 6.07) is 4.76. The predicted molar refractivity (Wildman–Crippen MR) is 73.1 cm³/mol. The van der Waals surface area contributed by atoms with E-state index in [2.05, 4.69) is 11.4 Å². The van der Waals surface area contributed by atoms with Crippen molar-refractivity contribution in [3.05, 3.63) is 17.7 Å². The molecular formula is C15H21NO3. The van der Waals surface area contributed by atoms with E-state index in [1.165, 1.54) is 31.2 Å². The van der Waals surface area contributed by atoms with Gasteiger partial charge in [-0.15, -0.1) is 0 Å². The third-order valence-corrected chi connectivity index (χ3v) is 3.84. The van der Waals surface area contributed by atoms with Gasteiger partial charge in [0.15, 0.2) is 11.5 Å². The van der Waals surface area contributed by atoms with Crippen LogP contribution in [0.15, 0.2) is 12.1 Å². The van der Waals surface area contributed by atoms with Crippen LogP contribution in [0.3, 0.4) is 0 Å². The minimum atomic E-state index is 0.586. The Morgan fingerprint density at radius 3 is 2.79 bits per heavy atom. The van der Waals surface area contributed by atoms with Crippen LogP contribution in [-0.2, 0) is 6.54 Å². The molecule has 1 aromatic rings. The summed E-state index contributed by atoms with van der Waals surface area (Å²) in [5.74, 6) is 2.30. The van der Waals surface area contributed by atoms with Crippen LogP contribution in [0.2, 0.25) is 0 Å². The highest BCUT2D eigenvalue weighted by molar-refractivity contribution is 5.54. The Bertz CT molecular complexity index is 424. The molecule has 1 heterocycles. The number of ether oxygens (including phenoxy) is 3. The number of methoxy groups -OCH3 is 1. The van der Waals surface area contributed by atoms with Crippen molar-refractivity contribution < 1.29 is 14.2 Å². The molecule has 19 heavy (non-hydrogen) atoms. The molecule has 0 amide bonds. The number of fused-ring (bicyclic) bond motifs is 1. The summed E-state index contributed by atoms with van der Waals surface area (Å²) in [6.07, 6.45) is 5.29. The van der Waals surface area contributed by atoms with Gasteiger partial charge < -0.3 is 19.5 Å². The van der Waals surface area contributed by atoms with Crippen LogP contribution in [0, 0.1) is 0 Å². The fraction of sp³-hybridized carbons (Fsp3) is 0.600. The monoisotopic (exact) mass is 263 g/mol. The zero-order valence-electron chi connectivity index (χ0n) is 11.4. The Morgan fingerprint density at radius 2 is 2.00 bits per heavy atom. The molecular weight excluding hydrogens is 242 g/mol. The van der Waals surface area contributed by atoms with Crippen LogP contribution < -0.4 is 19.5 Å². The minimum Gasteiger partial charge on any atom is -0.493 e. The predicted octanol–water partition coefficient (Wildman–Crippen LogP) is 2.50. The van der Waals surface area contributed by atoms with Crippen LogP contribution in [0.4, 0.5) is 0 Å². The number of hydrogen-bond acceptors (Lipinski definition) is 4. The molecule has 1 aliphatic carbocycles. The van der Waals surface area contributed by atoms with Gasteiger partial charge in [-0.1, -0.05) is 12.8 Å². The molecule has 1 aliphatic heterocycles. The van der Waals surface area contributed by atoms with E-state index in [0.717, 1.165) is 23.8 Å². The Hall–Kier alpha value is -1.42. The average Bonchev–Trinajstić information content (AvgIpc) is 2.97. The quantitative estimate of drug-likeness (QED) is 0.906. The number of nitrogens with one attached hydrogen (secondary N) is 1. The van der Waals surface area contributed by atoms with Gasteiger partial charge in [0.25, 0.3) is 0 Å². The van der Waals surface area contributed by atoms with E-state index in [9.17, 15) is 0 Å². The first kappa shape index (κ1) is 12.6. The molecule has 2 aliphatic rings. The lowest BCUT2D eigenvalue weighted by molar-refractivity contribution is 0.165. The number of hydrogen-bond donors (Lipinski definition) is 1. The molecule has 1 saturated carbocycles. The second-order valence-corrected chi connectivity index (χ2v) is 5.18. The second kappa shape index (κ2) is 5.70. The van der Waals surface area contributed by atoms with Crippen LogP contribution in [0.1, 0.15) is 31.2 Å². The van der Waals surface area contributed by atoms with Crippen molar-refractivity contribution in [3.63, 3.8) is 0 Å². The average molecular weight is 263 g/mol. The molecule has 1 aromatic carbocycles. The van der Waals surface area contributed by atoms with Gasteiger partial charge in [0.2, 0.25) is 5.75 Å². The fourth-order valence-corrected chi connectivity index (χ4v) is 2.82. The maximum Gasteiger partial charge on any atom is 0.203 e. The summed E-state index contributed by atoms with van der Waals surface area (Å²) in [4.78, 5) is 0. The SMILES string of the molecule is COc1cc(CNC2CCCC2)cc2c1OCCO2. The molecule has 1 N–H and O–H groups in total. The van der Waals surface area contributed by atoms with E-state index < -0.39 is 0 Å². The van der Waals surface area contributed by atoms with Crippen molar-refractivity contribution in [2.75, 3.05) is 20.3 Å². The third-order valence-electron chi connectivity index (χ3n) is 3.84. The Morgan fingerprint density at radius 1 is 1.21 bits per heavy atom. The molecule has 0 unspecified atom stereocenters. The van der Waals surface area contributed by atoms with Gasteiger partial charge >= 0.3 is 0 Å². The van der Waals surface area contributed by atoms with Gasteiger partial charge in [-0.3, -0.25) is 0 Å². The molecule has 104 valence electrons. The summed E-state index contributed by atoms with van der Waals surface area (Å²) < 4.78 is 16.6. The van der Waals surface area contributed by atoms with Gasteiger partial charge in [0, 0.05) is 12.6 Å². The zero-order chi connectivity index (χ0) is 13.1. The molecule has 0 spiro atoms. The fourth-order valence-electron chi connectivity index (χ4n) is 2.82. The van der Waals surface area contributed by atoms with Gasteiger partial charge in [0.05, 0.1) is 7.11 Å². The van der Waals surface area contributed by atoms with Gasteiger partial charge in [-0.2, -0.15) is 0 Å². The highest BCUT2D eigenvalue weighted by atomic mass is 16.6. The highest BCUT2D eigenvalue weighted by Crippen LogP contribution is 2.40.